The Kier molecular flexibility index (Phi) is 3.44. The van der Waals surface area contributed by atoms with Crippen LogP contribution in [0.1, 0.15) is 31.7 Å². The first-order chi connectivity index (χ1) is 7.61. The summed E-state index contributed by atoms with van der Waals surface area (Å²) in [6, 6.07) is 8.36. The van der Waals surface area contributed by atoms with E-state index in [2.05, 4.69) is 25.1 Å². The van der Waals surface area contributed by atoms with Crippen LogP contribution in [0.5, 0.6) is 5.75 Å². The number of rotatable bonds is 3. The van der Waals surface area contributed by atoms with Crippen molar-refractivity contribution in [2.24, 2.45) is 5.41 Å². The number of methoxy groups -OCH3 is 1. The van der Waals surface area contributed by atoms with Gasteiger partial charge < -0.3 is 4.74 Å². The minimum Gasteiger partial charge on any atom is -0.497 e. The number of hydrogen-bond acceptors (Lipinski definition) is 1. The Morgan fingerprint density at radius 3 is 2.94 bits per heavy atom. The number of alkyl halides is 1. The lowest BCUT2D eigenvalue weighted by molar-refractivity contribution is 0.334. The molecular weight excluding hydrogens is 220 g/mol. The van der Waals surface area contributed by atoms with E-state index < -0.39 is 0 Å². The molecule has 0 aromatic heterocycles. The van der Waals surface area contributed by atoms with Gasteiger partial charge in [0, 0.05) is 5.38 Å². The van der Waals surface area contributed by atoms with Crippen LogP contribution in [0.25, 0.3) is 0 Å². The molecule has 0 heterocycles. The fraction of sp³-hybridized carbons (Fsp3) is 0.571. The highest BCUT2D eigenvalue weighted by molar-refractivity contribution is 6.20. The summed E-state index contributed by atoms with van der Waals surface area (Å²) in [6.45, 7) is 2.34. The Labute approximate surface area is 103 Å². The highest BCUT2D eigenvalue weighted by Crippen LogP contribution is 2.42. The SMILES string of the molecule is COc1cccc(CC2(C)CCC(Cl)C2)c1. The molecule has 1 aromatic rings. The average Bonchev–Trinajstić information content (AvgIpc) is 2.58. The van der Waals surface area contributed by atoms with Crippen molar-refractivity contribution < 1.29 is 4.74 Å². The standard InChI is InChI=1S/C14H19ClO/c1-14(7-6-12(15)10-14)9-11-4-3-5-13(8-11)16-2/h3-5,8,12H,6-7,9-10H2,1-2H3. The Morgan fingerprint density at radius 2 is 2.31 bits per heavy atom. The maximum absolute atomic E-state index is 6.20. The fourth-order valence-corrected chi connectivity index (χ4v) is 3.16. The van der Waals surface area contributed by atoms with Crippen molar-refractivity contribution in [1.82, 2.24) is 0 Å². The van der Waals surface area contributed by atoms with Crippen LogP contribution in [0.2, 0.25) is 0 Å². The zero-order chi connectivity index (χ0) is 11.6. The van der Waals surface area contributed by atoms with Crippen molar-refractivity contribution in [3.05, 3.63) is 29.8 Å². The Hall–Kier alpha value is -0.690. The molecule has 2 atom stereocenters. The summed E-state index contributed by atoms with van der Waals surface area (Å²) in [5, 5.41) is 0.371. The lowest BCUT2D eigenvalue weighted by Gasteiger charge is -2.23. The molecule has 1 aromatic carbocycles. The molecule has 0 aliphatic heterocycles. The molecule has 1 aliphatic carbocycles. The van der Waals surface area contributed by atoms with Gasteiger partial charge in [0.25, 0.3) is 0 Å². The average molecular weight is 239 g/mol. The first kappa shape index (κ1) is 11.8. The van der Waals surface area contributed by atoms with E-state index in [-0.39, 0.29) is 0 Å². The third-order valence-corrected chi connectivity index (χ3v) is 3.91. The van der Waals surface area contributed by atoms with Gasteiger partial charge in [0.05, 0.1) is 7.11 Å². The summed E-state index contributed by atoms with van der Waals surface area (Å²) in [7, 11) is 1.71. The molecule has 1 aliphatic rings. The molecule has 2 heteroatoms. The van der Waals surface area contributed by atoms with Crippen LogP contribution < -0.4 is 4.74 Å². The van der Waals surface area contributed by atoms with Crippen LogP contribution in [0.4, 0.5) is 0 Å². The first-order valence-electron chi connectivity index (χ1n) is 5.88. The molecule has 16 heavy (non-hydrogen) atoms. The summed E-state index contributed by atoms with van der Waals surface area (Å²) in [5.74, 6) is 0.946. The van der Waals surface area contributed by atoms with Gasteiger partial charge in [-0.3, -0.25) is 0 Å². The lowest BCUT2D eigenvalue weighted by atomic mass is 9.82. The van der Waals surface area contributed by atoms with Crippen molar-refractivity contribution in [1.29, 1.82) is 0 Å². The van der Waals surface area contributed by atoms with Gasteiger partial charge in [0.1, 0.15) is 5.75 Å². The lowest BCUT2D eigenvalue weighted by Crippen LogP contribution is -2.15. The topological polar surface area (TPSA) is 9.23 Å². The van der Waals surface area contributed by atoms with E-state index in [1.54, 1.807) is 7.11 Å². The van der Waals surface area contributed by atoms with E-state index in [1.165, 1.54) is 12.0 Å². The summed E-state index contributed by atoms with van der Waals surface area (Å²) in [5.41, 5.74) is 1.73. The van der Waals surface area contributed by atoms with Crippen molar-refractivity contribution >= 4 is 11.6 Å². The molecule has 2 rings (SSSR count). The van der Waals surface area contributed by atoms with E-state index in [1.807, 2.05) is 6.07 Å². The number of hydrogen-bond donors (Lipinski definition) is 0. The highest BCUT2D eigenvalue weighted by atomic mass is 35.5. The number of benzene rings is 1. The van der Waals surface area contributed by atoms with Gasteiger partial charge in [-0.15, -0.1) is 11.6 Å². The normalized spacial score (nSPS) is 29.3. The maximum atomic E-state index is 6.20. The molecule has 0 N–H and O–H groups in total. The molecule has 0 amide bonds. The molecular formula is C14H19ClO. The third kappa shape index (κ3) is 2.70. The summed E-state index contributed by atoms with van der Waals surface area (Å²) < 4.78 is 5.25. The molecule has 0 saturated heterocycles. The third-order valence-electron chi connectivity index (χ3n) is 3.54. The van der Waals surface area contributed by atoms with Crippen molar-refractivity contribution in [2.45, 2.75) is 38.0 Å². The highest BCUT2D eigenvalue weighted by Gasteiger charge is 2.34. The summed E-state index contributed by atoms with van der Waals surface area (Å²) >= 11 is 6.20. The summed E-state index contributed by atoms with van der Waals surface area (Å²) in [4.78, 5) is 0. The minimum absolute atomic E-state index is 0.371. The largest absolute Gasteiger partial charge is 0.497 e. The molecule has 1 nitrogen and oxygen atoms in total. The van der Waals surface area contributed by atoms with E-state index in [0.29, 0.717) is 10.8 Å². The second kappa shape index (κ2) is 4.67. The molecule has 0 spiro atoms. The Balaban J connectivity index is 2.08. The van der Waals surface area contributed by atoms with Crippen LogP contribution in [-0.4, -0.2) is 12.5 Å². The van der Waals surface area contributed by atoms with Crippen molar-refractivity contribution in [2.75, 3.05) is 7.11 Å². The van der Waals surface area contributed by atoms with E-state index in [4.69, 9.17) is 16.3 Å². The quantitative estimate of drug-likeness (QED) is 0.723. The van der Waals surface area contributed by atoms with Gasteiger partial charge in [-0.25, -0.2) is 0 Å². The monoisotopic (exact) mass is 238 g/mol. The van der Waals surface area contributed by atoms with Crippen LogP contribution in [-0.2, 0) is 6.42 Å². The smallest absolute Gasteiger partial charge is 0.119 e. The second-order valence-corrected chi connectivity index (χ2v) is 5.80. The van der Waals surface area contributed by atoms with Crippen LogP contribution >= 0.6 is 11.6 Å². The number of halogens is 1. The van der Waals surface area contributed by atoms with E-state index >= 15 is 0 Å². The fourth-order valence-electron chi connectivity index (χ4n) is 2.68. The van der Waals surface area contributed by atoms with Crippen LogP contribution in [0.3, 0.4) is 0 Å². The van der Waals surface area contributed by atoms with Gasteiger partial charge in [-0.2, -0.15) is 0 Å². The van der Waals surface area contributed by atoms with E-state index in [0.717, 1.165) is 25.0 Å². The second-order valence-electron chi connectivity index (χ2n) is 5.18. The molecule has 2 unspecified atom stereocenters. The van der Waals surface area contributed by atoms with Gasteiger partial charge in [0.15, 0.2) is 0 Å². The van der Waals surface area contributed by atoms with E-state index in [9.17, 15) is 0 Å². The molecule has 0 radical (unpaired) electrons. The van der Waals surface area contributed by atoms with Crippen LogP contribution in [0, 0.1) is 5.41 Å². The zero-order valence-electron chi connectivity index (χ0n) is 10.0. The van der Waals surface area contributed by atoms with Crippen molar-refractivity contribution in [3.63, 3.8) is 0 Å². The molecule has 1 saturated carbocycles. The Morgan fingerprint density at radius 1 is 1.50 bits per heavy atom. The molecule has 1 fully saturated rings. The van der Waals surface area contributed by atoms with Crippen molar-refractivity contribution in [3.8, 4) is 5.75 Å². The summed E-state index contributed by atoms with van der Waals surface area (Å²) in [6.07, 6.45) is 4.62. The maximum Gasteiger partial charge on any atom is 0.119 e. The zero-order valence-corrected chi connectivity index (χ0v) is 10.8. The number of ether oxygens (including phenoxy) is 1. The van der Waals surface area contributed by atoms with Gasteiger partial charge >= 0.3 is 0 Å². The first-order valence-corrected chi connectivity index (χ1v) is 6.32. The van der Waals surface area contributed by atoms with Gasteiger partial charge in [-0.05, 0) is 48.8 Å². The minimum atomic E-state index is 0.371. The predicted molar refractivity (Wildman–Crippen MR) is 68.3 cm³/mol. The predicted octanol–water partition coefficient (Wildman–Crippen LogP) is 4.04. The van der Waals surface area contributed by atoms with Gasteiger partial charge in [-0.1, -0.05) is 19.1 Å². The molecule has 0 bridgehead atoms. The Bertz CT molecular complexity index is 364. The van der Waals surface area contributed by atoms with Gasteiger partial charge in [0.2, 0.25) is 0 Å². The van der Waals surface area contributed by atoms with Crippen LogP contribution in [0.15, 0.2) is 24.3 Å². The molecule has 88 valence electrons.